The van der Waals surface area contributed by atoms with Crippen LogP contribution in [0.25, 0.3) is 5.95 Å². The van der Waals surface area contributed by atoms with Gasteiger partial charge >= 0.3 is 7.12 Å². The third-order valence-corrected chi connectivity index (χ3v) is 1.67. The summed E-state index contributed by atoms with van der Waals surface area (Å²) in [4.78, 5) is 7.82. The van der Waals surface area contributed by atoms with Gasteiger partial charge in [0.05, 0.1) is 0 Å². The zero-order chi connectivity index (χ0) is 9.97. The molecule has 0 bridgehead atoms. The quantitative estimate of drug-likeness (QED) is 0.553. The van der Waals surface area contributed by atoms with Crippen molar-refractivity contribution < 1.29 is 10.0 Å². The molecule has 0 saturated carbocycles. The lowest BCUT2D eigenvalue weighted by Gasteiger charge is -2.00. The fourth-order valence-electron chi connectivity index (χ4n) is 0.970. The highest BCUT2D eigenvalue weighted by molar-refractivity contribution is 6.58. The molecule has 0 amide bonds. The first kappa shape index (κ1) is 8.85. The summed E-state index contributed by atoms with van der Waals surface area (Å²) in [7, 11) is -1.54. The summed E-state index contributed by atoms with van der Waals surface area (Å²) in [5, 5.41) is 21.5. The lowest BCUT2D eigenvalue weighted by Crippen LogP contribution is -2.30. The molecule has 2 aromatic rings. The molecule has 7 heteroatoms. The molecule has 0 unspecified atom stereocenters. The van der Waals surface area contributed by atoms with E-state index in [1.54, 1.807) is 18.5 Å². The Hall–Kier alpha value is -1.73. The maximum atomic E-state index is 8.80. The van der Waals surface area contributed by atoms with Gasteiger partial charge in [-0.3, -0.25) is 0 Å². The molecule has 14 heavy (non-hydrogen) atoms. The summed E-state index contributed by atoms with van der Waals surface area (Å²) in [5.41, 5.74) is 0.251. The van der Waals surface area contributed by atoms with Crippen molar-refractivity contribution in [2.24, 2.45) is 0 Å². The van der Waals surface area contributed by atoms with E-state index in [9.17, 15) is 0 Å². The van der Waals surface area contributed by atoms with Crippen molar-refractivity contribution >= 4 is 12.6 Å². The van der Waals surface area contributed by atoms with Gasteiger partial charge in [-0.25, -0.2) is 14.6 Å². The van der Waals surface area contributed by atoms with Crippen molar-refractivity contribution in [3.05, 3.63) is 30.9 Å². The fourth-order valence-corrected chi connectivity index (χ4v) is 0.970. The Labute approximate surface area is 80.0 Å². The lowest BCUT2D eigenvalue weighted by atomic mass is 9.83. The Balaban J connectivity index is 2.31. The normalized spacial score (nSPS) is 10.1. The smallest absolute Gasteiger partial charge is 0.423 e. The molecule has 0 aliphatic carbocycles. The van der Waals surface area contributed by atoms with Crippen molar-refractivity contribution in [2.75, 3.05) is 0 Å². The Morgan fingerprint density at radius 1 is 1.21 bits per heavy atom. The lowest BCUT2D eigenvalue weighted by molar-refractivity contribution is 0.425. The average molecular weight is 190 g/mol. The highest BCUT2D eigenvalue weighted by atomic mass is 16.4. The van der Waals surface area contributed by atoms with E-state index in [2.05, 4.69) is 15.1 Å². The van der Waals surface area contributed by atoms with Gasteiger partial charge in [0.15, 0.2) is 0 Å². The molecule has 0 radical (unpaired) electrons. The summed E-state index contributed by atoms with van der Waals surface area (Å²) in [6.45, 7) is 0. The monoisotopic (exact) mass is 190 g/mol. The molecule has 0 aromatic carbocycles. The first-order chi connectivity index (χ1) is 6.77. The van der Waals surface area contributed by atoms with Gasteiger partial charge < -0.3 is 10.0 Å². The third-order valence-electron chi connectivity index (χ3n) is 1.67. The third kappa shape index (κ3) is 1.63. The summed E-state index contributed by atoms with van der Waals surface area (Å²) in [5.74, 6) is 0.388. The van der Waals surface area contributed by atoms with E-state index in [0.717, 1.165) is 0 Å². The Morgan fingerprint density at radius 2 is 1.93 bits per heavy atom. The van der Waals surface area contributed by atoms with E-state index >= 15 is 0 Å². The van der Waals surface area contributed by atoms with Crippen LogP contribution in [0.15, 0.2) is 30.9 Å². The van der Waals surface area contributed by atoms with E-state index in [-0.39, 0.29) is 5.46 Å². The predicted molar refractivity (Wildman–Crippen MR) is 49.0 cm³/mol. The molecule has 0 aliphatic heterocycles. The first-order valence-electron chi connectivity index (χ1n) is 3.95. The van der Waals surface area contributed by atoms with Crippen molar-refractivity contribution in [1.29, 1.82) is 0 Å². The highest BCUT2D eigenvalue weighted by Gasteiger charge is 2.11. The molecule has 6 nitrogen and oxygen atoms in total. The molecule has 0 aliphatic rings. The molecule has 2 rings (SSSR count). The zero-order valence-corrected chi connectivity index (χ0v) is 7.15. The predicted octanol–water partition coefficient (Wildman–Crippen LogP) is -1.66. The van der Waals surface area contributed by atoms with Gasteiger partial charge in [0.1, 0.15) is 0 Å². The van der Waals surface area contributed by atoms with Crippen LogP contribution in [0.3, 0.4) is 0 Å². The van der Waals surface area contributed by atoms with Crippen LogP contribution in [0.4, 0.5) is 0 Å². The van der Waals surface area contributed by atoms with Gasteiger partial charge in [-0.05, 0) is 6.07 Å². The Kier molecular flexibility index (Phi) is 2.25. The maximum Gasteiger partial charge on any atom is 0.491 e. The van der Waals surface area contributed by atoms with E-state index < -0.39 is 7.12 Å². The number of hydrogen-bond donors (Lipinski definition) is 2. The molecule has 2 N–H and O–H groups in total. The van der Waals surface area contributed by atoms with E-state index in [0.29, 0.717) is 5.95 Å². The second-order valence-electron chi connectivity index (χ2n) is 2.64. The Bertz CT molecular complexity index is 400. The van der Waals surface area contributed by atoms with E-state index in [1.165, 1.54) is 17.1 Å². The molecule has 70 valence electrons. The second-order valence-corrected chi connectivity index (χ2v) is 2.64. The number of nitrogens with zero attached hydrogens (tertiary/aromatic N) is 4. The van der Waals surface area contributed by atoms with E-state index in [4.69, 9.17) is 10.0 Å². The fraction of sp³-hybridized carbons (Fsp3) is 0. The van der Waals surface area contributed by atoms with Crippen LogP contribution in [0.1, 0.15) is 0 Å². The molecule has 0 fully saturated rings. The number of hydrogen-bond acceptors (Lipinski definition) is 5. The van der Waals surface area contributed by atoms with Crippen LogP contribution >= 0.6 is 0 Å². The van der Waals surface area contributed by atoms with Crippen molar-refractivity contribution in [3.8, 4) is 5.95 Å². The van der Waals surface area contributed by atoms with Gasteiger partial charge in [-0.15, -0.1) is 0 Å². The molecule has 0 spiro atoms. The van der Waals surface area contributed by atoms with Crippen LogP contribution in [-0.2, 0) is 0 Å². The Morgan fingerprint density at radius 3 is 2.43 bits per heavy atom. The first-order valence-corrected chi connectivity index (χ1v) is 3.95. The van der Waals surface area contributed by atoms with Gasteiger partial charge in [-0.2, -0.15) is 5.10 Å². The average Bonchev–Trinajstić information content (AvgIpc) is 2.71. The van der Waals surface area contributed by atoms with Gasteiger partial charge in [0.2, 0.25) is 5.95 Å². The zero-order valence-electron chi connectivity index (χ0n) is 7.15. The minimum Gasteiger partial charge on any atom is -0.423 e. The second kappa shape index (κ2) is 3.56. The molecule has 2 heterocycles. The van der Waals surface area contributed by atoms with Crippen molar-refractivity contribution in [2.45, 2.75) is 0 Å². The van der Waals surface area contributed by atoms with Crippen molar-refractivity contribution in [1.82, 2.24) is 19.7 Å². The standard InChI is InChI=1S/C7H7BN4O2/c13-8(14)6-4-9-7(10-5-6)12-3-1-2-11-12/h1-5,13-14H. The van der Waals surface area contributed by atoms with Crippen LogP contribution in [0, 0.1) is 0 Å². The maximum absolute atomic E-state index is 8.80. The molecule has 0 saturated heterocycles. The number of rotatable bonds is 2. The SMILES string of the molecule is OB(O)c1cnc(-n2cccn2)nc1. The minimum atomic E-state index is -1.54. The largest absolute Gasteiger partial charge is 0.491 e. The van der Waals surface area contributed by atoms with Crippen molar-refractivity contribution in [3.63, 3.8) is 0 Å². The van der Waals surface area contributed by atoms with Crippen LogP contribution < -0.4 is 5.46 Å². The summed E-state index contributed by atoms with van der Waals surface area (Å²) < 4.78 is 1.48. The van der Waals surface area contributed by atoms with Gasteiger partial charge in [0.25, 0.3) is 0 Å². The van der Waals surface area contributed by atoms with Gasteiger partial charge in [-0.1, -0.05) is 0 Å². The highest BCUT2D eigenvalue weighted by Crippen LogP contribution is 1.94. The summed E-state index contributed by atoms with van der Waals surface area (Å²) in [6, 6.07) is 1.75. The van der Waals surface area contributed by atoms with Crippen LogP contribution in [-0.4, -0.2) is 36.9 Å². The topological polar surface area (TPSA) is 84.1 Å². The molecule has 2 aromatic heterocycles. The number of aromatic nitrogens is 4. The van der Waals surface area contributed by atoms with Crippen LogP contribution in [0.5, 0.6) is 0 Å². The summed E-state index contributed by atoms with van der Waals surface area (Å²) >= 11 is 0. The minimum absolute atomic E-state index is 0.251. The summed E-state index contributed by atoms with van der Waals surface area (Å²) in [6.07, 6.45) is 5.99. The van der Waals surface area contributed by atoms with E-state index in [1.807, 2.05) is 0 Å². The molecular weight excluding hydrogens is 183 g/mol. The van der Waals surface area contributed by atoms with Gasteiger partial charge in [0, 0.05) is 30.3 Å². The molecule has 0 atom stereocenters. The van der Waals surface area contributed by atoms with Crippen LogP contribution in [0.2, 0.25) is 0 Å². The molecular formula is C7H7BN4O2.